The van der Waals surface area contributed by atoms with Gasteiger partial charge in [0.05, 0.1) is 10.8 Å². The number of ether oxygens (including phenoxy) is 1. The number of H-pyrrole nitrogens is 1. The summed E-state index contributed by atoms with van der Waals surface area (Å²) in [6.45, 7) is 2.72. The molecule has 5 N–H and O–H groups in total. The number of carbonyl (C=O) groups excluding carboxylic acids is 2. The molecule has 214 valence electrons. The number of nitrogens with zero attached hydrogens (tertiary/aromatic N) is 1. The fourth-order valence-electron chi connectivity index (χ4n) is 6.38. The van der Waals surface area contributed by atoms with E-state index in [1.165, 1.54) is 6.07 Å². The number of aromatic amines is 1. The molecule has 2 aliphatic carbocycles. The Kier molecular flexibility index (Phi) is 8.84. The highest BCUT2D eigenvalue weighted by atomic mass is 32.1. The highest BCUT2D eigenvalue weighted by molar-refractivity contribution is 7.16. The lowest BCUT2D eigenvalue weighted by atomic mass is 9.94. The number of aliphatic hydroxyl groups is 1. The minimum absolute atomic E-state index is 0.0202. The highest BCUT2D eigenvalue weighted by Crippen LogP contribution is 2.48. The molecule has 3 aromatic rings. The average molecular weight is 569 g/mol. The van der Waals surface area contributed by atoms with Crippen LogP contribution in [-0.4, -0.2) is 77.8 Å². The minimum atomic E-state index is -0.840. The predicted octanol–water partition coefficient (Wildman–Crippen LogP) is 2.16. The molecule has 5 atom stereocenters. The van der Waals surface area contributed by atoms with E-state index in [9.17, 15) is 24.6 Å². The SMILES string of the molecule is CN(CCNC(=O)c1cccc(CCNC[C@@H](O)c2ccc(O)c3[nH]c(=O)sc23)c1)[C@H]1C[C@@H]2CC[C@H]1[C@@H]2OC=O. The number of thiazole rings is 1. The third-order valence-corrected chi connectivity index (χ3v) is 9.32. The molecule has 0 saturated heterocycles. The van der Waals surface area contributed by atoms with Gasteiger partial charge in [0.25, 0.3) is 12.4 Å². The van der Waals surface area contributed by atoms with Crippen molar-refractivity contribution in [3.8, 4) is 5.75 Å². The number of phenolic OH excluding ortho intramolecular Hbond substituents is 1. The number of carbonyl (C=O) groups is 2. The van der Waals surface area contributed by atoms with Crippen molar-refractivity contribution in [2.75, 3.05) is 33.2 Å². The van der Waals surface area contributed by atoms with Gasteiger partial charge in [-0.3, -0.25) is 14.4 Å². The molecule has 1 aromatic heterocycles. The van der Waals surface area contributed by atoms with Crippen LogP contribution in [0.4, 0.5) is 0 Å². The largest absolute Gasteiger partial charge is 0.506 e. The number of rotatable bonds is 13. The number of nitrogens with one attached hydrogen (secondary N) is 3. The van der Waals surface area contributed by atoms with E-state index < -0.39 is 6.10 Å². The Bertz CT molecular complexity index is 1410. The lowest BCUT2D eigenvalue weighted by molar-refractivity contribution is -0.135. The van der Waals surface area contributed by atoms with Gasteiger partial charge in [-0.15, -0.1) is 0 Å². The van der Waals surface area contributed by atoms with Gasteiger partial charge in [0.15, 0.2) is 0 Å². The van der Waals surface area contributed by atoms with Gasteiger partial charge in [-0.05, 0) is 69.0 Å². The molecular weight excluding hydrogens is 532 g/mol. The topological polar surface area (TPSA) is 144 Å². The molecule has 0 radical (unpaired) electrons. The summed E-state index contributed by atoms with van der Waals surface area (Å²) in [7, 11) is 2.07. The van der Waals surface area contributed by atoms with Crippen LogP contribution in [0.2, 0.25) is 0 Å². The minimum Gasteiger partial charge on any atom is -0.506 e. The lowest BCUT2D eigenvalue weighted by Gasteiger charge is -2.31. The molecule has 10 nitrogen and oxygen atoms in total. The zero-order valence-electron chi connectivity index (χ0n) is 22.5. The second-order valence-electron chi connectivity index (χ2n) is 10.8. The zero-order valence-corrected chi connectivity index (χ0v) is 23.3. The summed E-state index contributed by atoms with van der Waals surface area (Å²) in [5, 5.41) is 26.9. The number of phenols is 1. The molecule has 2 fully saturated rings. The number of likely N-dealkylation sites (N-methyl/N-ethyl adjacent to an activating group) is 1. The van der Waals surface area contributed by atoms with E-state index in [4.69, 9.17) is 4.74 Å². The van der Waals surface area contributed by atoms with Crippen molar-refractivity contribution in [1.29, 1.82) is 0 Å². The molecule has 2 saturated carbocycles. The predicted molar refractivity (Wildman–Crippen MR) is 153 cm³/mol. The standard InChI is InChI=1S/C29H36N4O6S/c1-33(22-14-18-5-6-20(22)26(18)39-16-34)12-11-31-28(37)19-4-2-3-17(13-19)9-10-30-15-24(36)21-7-8-23(35)25-27(21)40-29(38)32-25/h2-4,7-8,13,16,18,20,22,24,26,30,35-36H,5-6,9-12,14-15H2,1H3,(H,31,37)(H,32,38)/t18-,20+,22-,24+,26+/m0/s1. The lowest BCUT2D eigenvalue weighted by Crippen LogP contribution is -2.42. The van der Waals surface area contributed by atoms with E-state index in [0.29, 0.717) is 65.2 Å². The molecule has 40 heavy (non-hydrogen) atoms. The third kappa shape index (κ3) is 6.07. The Morgan fingerprint density at radius 2 is 2.12 bits per heavy atom. The third-order valence-electron chi connectivity index (χ3n) is 8.39. The zero-order chi connectivity index (χ0) is 28.2. The first-order valence-electron chi connectivity index (χ1n) is 13.8. The Morgan fingerprint density at radius 3 is 2.95 bits per heavy atom. The molecule has 5 rings (SSSR count). The summed E-state index contributed by atoms with van der Waals surface area (Å²) >= 11 is 0.963. The maximum Gasteiger partial charge on any atom is 0.305 e. The summed E-state index contributed by atoms with van der Waals surface area (Å²) in [5.41, 5.74) is 2.54. The van der Waals surface area contributed by atoms with Crippen molar-refractivity contribution in [1.82, 2.24) is 20.5 Å². The van der Waals surface area contributed by atoms with Crippen molar-refractivity contribution < 1.29 is 24.5 Å². The van der Waals surface area contributed by atoms with Gasteiger partial charge in [-0.25, -0.2) is 0 Å². The number of hydrogen-bond acceptors (Lipinski definition) is 9. The number of hydrogen-bond donors (Lipinski definition) is 5. The normalized spacial score (nSPS) is 22.6. The molecular formula is C29H36N4O6S. The quantitative estimate of drug-likeness (QED) is 0.156. The fraction of sp³-hybridized carbons (Fsp3) is 0.483. The van der Waals surface area contributed by atoms with Gasteiger partial charge >= 0.3 is 4.87 Å². The monoisotopic (exact) mass is 568 g/mol. The Labute approximate surface area is 236 Å². The van der Waals surface area contributed by atoms with Crippen molar-refractivity contribution in [3.05, 3.63) is 62.8 Å². The van der Waals surface area contributed by atoms with E-state index >= 15 is 0 Å². The molecule has 2 aliphatic rings. The van der Waals surface area contributed by atoms with Gasteiger partial charge in [-0.2, -0.15) is 0 Å². The number of benzene rings is 2. The number of aliphatic hydroxyl groups excluding tert-OH is 1. The molecule has 1 amide bonds. The van der Waals surface area contributed by atoms with Crippen LogP contribution in [0.15, 0.2) is 41.2 Å². The first-order chi connectivity index (χ1) is 19.4. The van der Waals surface area contributed by atoms with Gasteiger partial charge < -0.3 is 35.5 Å². The Hall–Kier alpha value is -3.25. The first kappa shape index (κ1) is 28.3. The van der Waals surface area contributed by atoms with Crippen LogP contribution < -0.4 is 15.5 Å². The first-order valence-corrected chi connectivity index (χ1v) is 14.6. The molecule has 0 aliphatic heterocycles. The smallest absolute Gasteiger partial charge is 0.305 e. The number of aromatic nitrogens is 1. The van der Waals surface area contributed by atoms with Crippen LogP contribution in [0.5, 0.6) is 5.75 Å². The van der Waals surface area contributed by atoms with Gasteiger partial charge in [0, 0.05) is 42.7 Å². The van der Waals surface area contributed by atoms with E-state index in [1.807, 2.05) is 18.2 Å². The Balaban J connectivity index is 1.06. The van der Waals surface area contributed by atoms with Gasteiger partial charge in [0.2, 0.25) is 0 Å². The van der Waals surface area contributed by atoms with Crippen LogP contribution >= 0.6 is 11.3 Å². The van der Waals surface area contributed by atoms with Gasteiger partial charge in [-0.1, -0.05) is 29.5 Å². The number of fused-ring (bicyclic) bond motifs is 3. The average Bonchev–Trinajstić information content (AvgIpc) is 3.64. The molecule has 2 aromatic carbocycles. The molecule has 11 heteroatoms. The van der Waals surface area contributed by atoms with Crippen LogP contribution in [0.25, 0.3) is 10.2 Å². The van der Waals surface area contributed by atoms with Crippen molar-refractivity contribution >= 4 is 33.9 Å². The molecule has 0 spiro atoms. The van der Waals surface area contributed by atoms with Crippen LogP contribution in [0.3, 0.4) is 0 Å². The van der Waals surface area contributed by atoms with E-state index in [1.54, 1.807) is 12.1 Å². The summed E-state index contributed by atoms with van der Waals surface area (Å²) in [6.07, 6.45) is 3.11. The van der Waals surface area contributed by atoms with E-state index in [-0.39, 0.29) is 29.2 Å². The molecule has 1 heterocycles. The molecule has 2 bridgehead atoms. The van der Waals surface area contributed by atoms with Crippen LogP contribution in [0, 0.1) is 11.8 Å². The van der Waals surface area contributed by atoms with Gasteiger partial charge in [0.1, 0.15) is 17.4 Å². The maximum atomic E-state index is 12.8. The highest BCUT2D eigenvalue weighted by Gasteiger charge is 2.50. The second-order valence-corrected chi connectivity index (χ2v) is 11.8. The van der Waals surface area contributed by atoms with Crippen LogP contribution in [0.1, 0.15) is 46.9 Å². The van der Waals surface area contributed by atoms with Crippen molar-refractivity contribution in [3.63, 3.8) is 0 Å². The van der Waals surface area contributed by atoms with Crippen LogP contribution in [-0.2, 0) is 16.0 Å². The number of amides is 1. The summed E-state index contributed by atoms with van der Waals surface area (Å²) < 4.78 is 5.91. The van der Waals surface area contributed by atoms with Crippen molar-refractivity contribution in [2.45, 2.75) is 43.9 Å². The van der Waals surface area contributed by atoms with Crippen molar-refractivity contribution in [2.24, 2.45) is 11.8 Å². The number of aromatic hydroxyl groups is 1. The maximum absolute atomic E-state index is 12.8. The summed E-state index contributed by atoms with van der Waals surface area (Å²) in [5.74, 6) is 0.696. The second kappa shape index (κ2) is 12.5. The fourth-order valence-corrected chi connectivity index (χ4v) is 7.30. The molecule has 0 unspecified atom stereocenters. The van der Waals surface area contributed by atoms with E-state index in [2.05, 4.69) is 27.6 Å². The summed E-state index contributed by atoms with van der Waals surface area (Å²) in [4.78, 5) is 40.0. The summed E-state index contributed by atoms with van der Waals surface area (Å²) in [6, 6.07) is 11.0. The van der Waals surface area contributed by atoms with E-state index in [0.717, 1.165) is 42.7 Å². The Morgan fingerprint density at radius 1 is 1.27 bits per heavy atom.